The van der Waals surface area contributed by atoms with Gasteiger partial charge in [0.1, 0.15) is 11.4 Å². The van der Waals surface area contributed by atoms with E-state index in [1.165, 1.54) is 18.5 Å². The van der Waals surface area contributed by atoms with Gasteiger partial charge in [-0.3, -0.25) is 9.59 Å². The van der Waals surface area contributed by atoms with Crippen LogP contribution in [0.5, 0.6) is 0 Å². The Hall–Kier alpha value is -2.86. The van der Waals surface area contributed by atoms with Gasteiger partial charge >= 0.3 is 0 Å². The Morgan fingerprint density at radius 2 is 1.70 bits per heavy atom. The second-order valence-corrected chi connectivity index (χ2v) is 5.11. The van der Waals surface area contributed by atoms with Gasteiger partial charge in [0, 0.05) is 25.0 Å². The third kappa shape index (κ3) is 3.02. The molecule has 1 heterocycles. The number of rotatable bonds is 5. The first-order valence-corrected chi connectivity index (χ1v) is 7.24. The molecule has 0 spiro atoms. The van der Waals surface area contributed by atoms with E-state index in [2.05, 4.69) is 15.3 Å². The van der Waals surface area contributed by atoms with E-state index in [-0.39, 0.29) is 35.3 Å². The van der Waals surface area contributed by atoms with E-state index >= 15 is 0 Å². The monoisotopic (exact) mass is 309 g/mol. The number of allylic oxidation sites excluding steroid dienone is 2. The van der Waals surface area contributed by atoms with Crippen LogP contribution < -0.4 is 5.32 Å². The fourth-order valence-electron chi connectivity index (χ4n) is 2.50. The van der Waals surface area contributed by atoms with Gasteiger partial charge in [-0.15, -0.1) is 0 Å². The Balaban J connectivity index is 1.70. The van der Waals surface area contributed by atoms with Crippen LogP contribution in [-0.4, -0.2) is 33.2 Å². The molecule has 0 fully saturated rings. The zero-order valence-electron chi connectivity index (χ0n) is 12.3. The first kappa shape index (κ1) is 15.1. The average Bonchev–Trinajstić information content (AvgIpc) is 2.59. The third-order valence-corrected chi connectivity index (χ3v) is 3.67. The number of carbonyl (C=O) groups is 2. The van der Waals surface area contributed by atoms with Crippen molar-refractivity contribution in [3.63, 3.8) is 0 Å². The summed E-state index contributed by atoms with van der Waals surface area (Å²) < 4.78 is 0. The van der Waals surface area contributed by atoms with E-state index in [4.69, 9.17) is 0 Å². The molecule has 1 aliphatic carbocycles. The zero-order chi connectivity index (χ0) is 16.2. The Kier molecular flexibility index (Phi) is 4.25. The molecule has 0 radical (unpaired) electrons. The number of benzene rings is 1. The molecule has 0 unspecified atom stereocenters. The van der Waals surface area contributed by atoms with Crippen LogP contribution in [0.1, 0.15) is 32.1 Å². The Bertz CT molecular complexity index is 799. The molecule has 6 nitrogen and oxygen atoms in total. The van der Waals surface area contributed by atoms with Crippen molar-refractivity contribution >= 4 is 11.6 Å². The Morgan fingerprint density at radius 1 is 1.00 bits per heavy atom. The highest BCUT2D eigenvalue weighted by Crippen LogP contribution is 2.16. The number of aromatic nitrogens is 2. The van der Waals surface area contributed by atoms with Gasteiger partial charge < -0.3 is 10.4 Å². The van der Waals surface area contributed by atoms with Crippen LogP contribution in [0.25, 0.3) is 0 Å². The van der Waals surface area contributed by atoms with Crippen LogP contribution in [-0.2, 0) is 13.0 Å². The minimum absolute atomic E-state index is 0.0285. The minimum atomic E-state index is -0.330. The van der Waals surface area contributed by atoms with Crippen molar-refractivity contribution in [3.05, 3.63) is 70.9 Å². The highest BCUT2D eigenvalue weighted by atomic mass is 16.3. The molecule has 6 heteroatoms. The normalized spacial score (nSPS) is 13.5. The molecule has 1 aromatic carbocycles. The second kappa shape index (κ2) is 6.50. The van der Waals surface area contributed by atoms with Crippen molar-refractivity contribution in [1.82, 2.24) is 15.3 Å². The summed E-state index contributed by atoms with van der Waals surface area (Å²) >= 11 is 0. The lowest BCUT2D eigenvalue weighted by Crippen LogP contribution is -2.29. The maximum absolute atomic E-state index is 12.3. The molecule has 0 atom stereocenters. The van der Waals surface area contributed by atoms with Crippen molar-refractivity contribution in [2.75, 3.05) is 6.54 Å². The van der Waals surface area contributed by atoms with Gasteiger partial charge in [0.15, 0.2) is 0 Å². The third-order valence-electron chi connectivity index (χ3n) is 3.67. The molecule has 0 saturated carbocycles. The molecule has 1 aliphatic rings. The largest absolute Gasteiger partial charge is 0.392 e. The summed E-state index contributed by atoms with van der Waals surface area (Å²) in [5, 5.41) is 12.3. The number of nitrogens with zero attached hydrogens (tertiary/aromatic N) is 2. The summed E-state index contributed by atoms with van der Waals surface area (Å²) in [5.74, 6) is -0.658. The standard InChI is InChI=1S/C17H15N3O3/c21-10-12-4-2-1-3-11(12)5-6-18-13-9-14(22)15-16(17(13)23)20-8-7-19-15/h1-4,7-9,18,21H,5-6,10H2. The number of hydrogen-bond acceptors (Lipinski definition) is 6. The lowest BCUT2D eigenvalue weighted by atomic mass is 10.0. The number of nitrogens with one attached hydrogen (secondary N) is 1. The van der Waals surface area contributed by atoms with Crippen LogP contribution in [0.2, 0.25) is 0 Å². The average molecular weight is 309 g/mol. The molecular weight excluding hydrogens is 294 g/mol. The lowest BCUT2D eigenvalue weighted by molar-refractivity contribution is 0.0970. The van der Waals surface area contributed by atoms with Gasteiger partial charge in [0.25, 0.3) is 0 Å². The lowest BCUT2D eigenvalue weighted by Gasteiger charge is -2.15. The zero-order valence-corrected chi connectivity index (χ0v) is 12.3. The fourth-order valence-corrected chi connectivity index (χ4v) is 2.50. The van der Waals surface area contributed by atoms with E-state index in [0.29, 0.717) is 13.0 Å². The van der Waals surface area contributed by atoms with Crippen molar-refractivity contribution in [3.8, 4) is 0 Å². The van der Waals surface area contributed by atoms with E-state index in [1.54, 1.807) is 0 Å². The summed E-state index contributed by atoms with van der Waals surface area (Å²) in [6.45, 7) is 0.441. The molecule has 0 saturated heterocycles. The predicted octanol–water partition coefficient (Wildman–Crippen LogP) is 1.06. The van der Waals surface area contributed by atoms with Crippen LogP contribution in [0, 0.1) is 0 Å². The first-order chi connectivity index (χ1) is 11.2. The Morgan fingerprint density at radius 3 is 2.43 bits per heavy atom. The van der Waals surface area contributed by atoms with E-state index in [1.807, 2.05) is 24.3 Å². The topological polar surface area (TPSA) is 92.2 Å². The van der Waals surface area contributed by atoms with Crippen LogP contribution >= 0.6 is 0 Å². The number of fused-ring (bicyclic) bond motifs is 1. The molecule has 3 rings (SSSR count). The smallest absolute Gasteiger partial charge is 0.229 e. The van der Waals surface area contributed by atoms with Gasteiger partial charge in [0.2, 0.25) is 11.6 Å². The summed E-state index contributed by atoms with van der Waals surface area (Å²) in [5.41, 5.74) is 2.25. The molecule has 0 bridgehead atoms. The number of aliphatic hydroxyl groups excluding tert-OH is 1. The Labute approximate surface area is 132 Å². The van der Waals surface area contributed by atoms with Crippen molar-refractivity contribution in [1.29, 1.82) is 0 Å². The minimum Gasteiger partial charge on any atom is -0.392 e. The van der Waals surface area contributed by atoms with E-state index in [0.717, 1.165) is 11.1 Å². The quantitative estimate of drug-likeness (QED) is 0.858. The van der Waals surface area contributed by atoms with Gasteiger partial charge in [-0.2, -0.15) is 0 Å². The van der Waals surface area contributed by atoms with Gasteiger partial charge in [-0.1, -0.05) is 24.3 Å². The van der Waals surface area contributed by atoms with Crippen LogP contribution in [0.3, 0.4) is 0 Å². The highest BCUT2D eigenvalue weighted by Gasteiger charge is 2.27. The molecule has 116 valence electrons. The van der Waals surface area contributed by atoms with E-state index in [9.17, 15) is 14.7 Å². The van der Waals surface area contributed by atoms with Gasteiger partial charge in [0.05, 0.1) is 12.3 Å². The van der Waals surface area contributed by atoms with Crippen LogP contribution in [0.4, 0.5) is 0 Å². The van der Waals surface area contributed by atoms with E-state index < -0.39 is 0 Å². The molecule has 2 aromatic rings. The molecule has 1 aromatic heterocycles. The van der Waals surface area contributed by atoms with Crippen molar-refractivity contribution < 1.29 is 14.7 Å². The molecule has 23 heavy (non-hydrogen) atoms. The predicted molar refractivity (Wildman–Crippen MR) is 82.8 cm³/mol. The number of aliphatic hydroxyl groups is 1. The molecule has 0 amide bonds. The fraction of sp³-hybridized carbons (Fsp3) is 0.176. The SMILES string of the molecule is O=C1C=C(NCCc2ccccc2CO)C(=O)c2nccnc21. The van der Waals surface area contributed by atoms with Crippen LogP contribution in [0.15, 0.2) is 48.4 Å². The molecule has 2 N–H and O–H groups in total. The highest BCUT2D eigenvalue weighted by molar-refractivity contribution is 6.22. The maximum atomic E-state index is 12.3. The van der Waals surface area contributed by atoms with Crippen molar-refractivity contribution in [2.24, 2.45) is 0 Å². The number of carbonyl (C=O) groups excluding carboxylic acids is 2. The van der Waals surface area contributed by atoms with Gasteiger partial charge in [-0.05, 0) is 17.5 Å². The van der Waals surface area contributed by atoms with Crippen molar-refractivity contribution in [2.45, 2.75) is 13.0 Å². The number of hydrogen-bond donors (Lipinski definition) is 2. The second-order valence-electron chi connectivity index (χ2n) is 5.11. The maximum Gasteiger partial charge on any atom is 0.229 e. The summed E-state index contributed by atoms with van der Waals surface area (Å²) in [6, 6.07) is 7.55. The molecule has 0 aliphatic heterocycles. The van der Waals surface area contributed by atoms with Gasteiger partial charge in [-0.25, -0.2) is 9.97 Å². The number of Topliss-reactive ketones (excluding diaryl/α,β-unsaturated/α-hetero) is 1. The first-order valence-electron chi connectivity index (χ1n) is 7.24. The summed E-state index contributed by atoms with van der Waals surface area (Å²) in [4.78, 5) is 32.1. The summed E-state index contributed by atoms with van der Waals surface area (Å²) in [6.07, 6.45) is 4.67. The number of ketones is 2. The molecular formula is C17H15N3O3. The summed E-state index contributed by atoms with van der Waals surface area (Å²) in [7, 11) is 0.